The molecule has 1 aromatic carbocycles. The Kier molecular flexibility index (Phi) is 5.68. The number of rotatable bonds is 8. The van der Waals surface area contributed by atoms with Gasteiger partial charge >= 0.3 is 5.97 Å². The molecule has 2 rings (SSSR count). The maximum atomic E-state index is 12.1. The molecule has 128 valence electrons. The van der Waals surface area contributed by atoms with E-state index in [1.54, 1.807) is 6.07 Å². The van der Waals surface area contributed by atoms with Gasteiger partial charge in [-0.25, -0.2) is 4.79 Å². The third-order valence-electron chi connectivity index (χ3n) is 4.12. The Bertz CT molecular complexity index is 654. The standard InChI is InChI=1S/C17H20N2O5/c1-19(12(10-20)8-11-6-7-11)15(21)9-18-16(22)13-4-2-3-5-14(13)17(23)24/h2-5,10-12H,6-9H2,1H3,(H,18,22)(H,23,24)/t12-/m0/s1. The molecule has 24 heavy (non-hydrogen) atoms. The number of hydrogen-bond donors (Lipinski definition) is 2. The summed E-state index contributed by atoms with van der Waals surface area (Å²) >= 11 is 0. The van der Waals surface area contributed by atoms with E-state index in [2.05, 4.69) is 5.32 Å². The van der Waals surface area contributed by atoms with Gasteiger partial charge in [-0.1, -0.05) is 25.0 Å². The summed E-state index contributed by atoms with van der Waals surface area (Å²) in [6.07, 6.45) is 3.55. The lowest BCUT2D eigenvalue weighted by Crippen LogP contribution is -2.44. The highest BCUT2D eigenvalue weighted by molar-refractivity contribution is 6.05. The van der Waals surface area contributed by atoms with Crippen LogP contribution in [-0.4, -0.2) is 53.7 Å². The lowest BCUT2D eigenvalue weighted by molar-refractivity contribution is -0.134. The first kappa shape index (κ1) is 17.7. The van der Waals surface area contributed by atoms with E-state index < -0.39 is 23.8 Å². The summed E-state index contributed by atoms with van der Waals surface area (Å²) in [4.78, 5) is 47.8. The van der Waals surface area contributed by atoms with Crippen LogP contribution in [0.3, 0.4) is 0 Å². The minimum absolute atomic E-state index is 0.00892. The van der Waals surface area contributed by atoms with Crippen LogP contribution in [0.2, 0.25) is 0 Å². The van der Waals surface area contributed by atoms with Crippen LogP contribution in [0, 0.1) is 5.92 Å². The van der Waals surface area contributed by atoms with E-state index in [0.717, 1.165) is 19.1 Å². The van der Waals surface area contributed by atoms with Gasteiger partial charge in [0, 0.05) is 7.05 Å². The molecule has 0 radical (unpaired) electrons. The molecule has 0 saturated heterocycles. The van der Waals surface area contributed by atoms with Gasteiger partial charge in [-0.15, -0.1) is 0 Å². The zero-order valence-corrected chi connectivity index (χ0v) is 13.4. The third kappa shape index (κ3) is 4.41. The summed E-state index contributed by atoms with van der Waals surface area (Å²) in [5, 5.41) is 11.5. The number of aromatic carboxylic acids is 1. The zero-order chi connectivity index (χ0) is 17.7. The monoisotopic (exact) mass is 332 g/mol. The molecule has 2 N–H and O–H groups in total. The summed E-state index contributed by atoms with van der Waals surface area (Å²) in [5.41, 5.74) is -0.138. The molecule has 0 spiro atoms. The summed E-state index contributed by atoms with van der Waals surface area (Å²) in [6, 6.07) is 5.28. The van der Waals surface area contributed by atoms with Crippen molar-refractivity contribution in [3.63, 3.8) is 0 Å². The van der Waals surface area contributed by atoms with E-state index in [9.17, 15) is 19.2 Å². The van der Waals surface area contributed by atoms with E-state index in [0.29, 0.717) is 12.3 Å². The average molecular weight is 332 g/mol. The Morgan fingerprint density at radius 1 is 1.29 bits per heavy atom. The number of carbonyl (C=O) groups is 4. The van der Waals surface area contributed by atoms with Gasteiger partial charge in [-0.2, -0.15) is 0 Å². The Hall–Kier alpha value is -2.70. The molecule has 0 aromatic heterocycles. The van der Waals surface area contributed by atoms with Crippen molar-refractivity contribution in [3.05, 3.63) is 35.4 Å². The van der Waals surface area contributed by atoms with Crippen molar-refractivity contribution >= 4 is 24.1 Å². The highest BCUT2D eigenvalue weighted by Gasteiger charge is 2.29. The molecule has 1 atom stereocenters. The quantitative estimate of drug-likeness (QED) is 0.690. The summed E-state index contributed by atoms with van der Waals surface area (Å²) < 4.78 is 0. The molecule has 2 amide bonds. The van der Waals surface area contributed by atoms with Crippen molar-refractivity contribution in [2.45, 2.75) is 25.3 Å². The number of carboxylic acids is 1. The molecule has 1 aliphatic rings. The van der Waals surface area contributed by atoms with Crippen LogP contribution in [0.15, 0.2) is 24.3 Å². The average Bonchev–Trinajstić information content (AvgIpc) is 3.40. The van der Waals surface area contributed by atoms with Crippen LogP contribution in [0.4, 0.5) is 0 Å². The number of carbonyl (C=O) groups excluding carboxylic acids is 3. The van der Waals surface area contributed by atoms with Gasteiger partial charge in [0.05, 0.1) is 23.7 Å². The lowest BCUT2D eigenvalue weighted by Gasteiger charge is -2.24. The van der Waals surface area contributed by atoms with E-state index in [4.69, 9.17) is 5.11 Å². The van der Waals surface area contributed by atoms with Gasteiger partial charge in [-0.3, -0.25) is 9.59 Å². The van der Waals surface area contributed by atoms with Crippen LogP contribution >= 0.6 is 0 Å². The number of benzene rings is 1. The molecule has 1 aliphatic carbocycles. The fraction of sp³-hybridized carbons (Fsp3) is 0.412. The minimum atomic E-state index is -1.21. The second-order valence-electron chi connectivity index (χ2n) is 5.92. The highest BCUT2D eigenvalue weighted by Crippen LogP contribution is 2.34. The Balaban J connectivity index is 1.94. The van der Waals surface area contributed by atoms with E-state index >= 15 is 0 Å². The second kappa shape index (κ2) is 7.72. The maximum Gasteiger partial charge on any atom is 0.336 e. The van der Waals surface area contributed by atoms with Gasteiger partial charge in [0.1, 0.15) is 6.29 Å². The third-order valence-corrected chi connectivity index (χ3v) is 4.12. The van der Waals surface area contributed by atoms with E-state index in [1.165, 1.54) is 30.1 Å². The first-order chi connectivity index (χ1) is 11.4. The van der Waals surface area contributed by atoms with Gasteiger partial charge in [-0.05, 0) is 24.5 Å². The zero-order valence-electron chi connectivity index (χ0n) is 13.4. The topological polar surface area (TPSA) is 104 Å². The predicted molar refractivity (Wildman–Crippen MR) is 85.7 cm³/mol. The van der Waals surface area contributed by atoms with Crippen LogP contribution < -0.4 is 5.32 Å². The molecule has 0 heterocycles. The first-order valence-corrected chi connectivity index (χ1v) is 7.75. The van der Waals surface area contributed by atoms with Gasteiger partial charge in [0.2, 0.25) is 5.91 Å². The molecule has 0 bridgehead atoms. The smallest absolute Gasteiger partial charge is 0.336 e. The molecule has 0 unspecified atom stereocenters. The number of hydrogen-bond acceptors (Lipinski definition) is 4. The first-order valence-electron chi connectivity index (χ1n) is 7.75. The van der Waals surface area contributed by atoms with Gasteiger partial charge < -0.3 is 20.1 Å². The largest absolute Gasteiger partial charge is 0.478 e. The number of amides is 2. The Labute approximate surface area is 139 Å². The van der Waals surface area contributed by atoms with Crippen molar-refractivity contribution in [3.8, 4) is 0 Å². The van der Waals surface area contributed by atoms with Gasteiger partial charge in [0.15, 0.2) is 0 Å². The number of nitrogens with zero attached hydrogens (tertiary/aromatic N) is 1. The van der Waals surface area contributed by atoms with Crippen LogP contribution in [0.5, 0.6) is 0 Å². The van der Waals surface area contributed by atoms with E-state index in [-0.39, 0.29) is 17.7 Å². The summed E-state index contributed by atoms with van der Waals surface area (Å²) in [6.45, 7) is -0.293. The van der Waals surface area contributed by atoms with Crippen molar-refractivity contribution in [2.75, 3.05) is 13.6 Å². The van der Waals surface area contributed by atoms with Crippen molar-refractivity contribution in [1.29, 1.82) is 0 Å². The maximum absolute atomic E-state index is 12.1. The second-order valence-corrected chi connectivity index (χ2v) is 5.92. The lowest BCUT2D eigenvalue weighted by atomic mass is 10.1. The van der Waals surface area contributed by atoms with Gasteiger partial charge in [0.25, 0.3) is 5.91 Å². The molecule has 1 saturated carbocycles. The minimum Gasteiger partial charge on any atom is -0.478 e. The normalized spacial score (nSPS) is 14.5. The van der Waals surface area contributed by atoms with Crippen LogP contribution in [0.1, 0.15) is 40.0 Å². The summed E-state index contributed by atoms with van der Waals surface area (Å²) in [7, 11) is 1.53. The molecule has 1 fully saturated rings. The molecule has 1 aromatic rings. The number of carboxylic acid groups (broad SMARTS) is 1. The van der Waals surface area contributed by atoms with Crippen molar-refractivity contribution in [2.24, 2.45) is 5.92 Å². The summed E-state index contributed by atoms with van der Waals surface area (Å²) in [5.74, 6) is -1.75. The van der Waals surface area contributed by atoms with E-state index in [1.807, 2.05) is 0 Å². The fourth-order valence-corrected chi connectivity index (χ4v) is 2.43. The molecule has 0 aliphatic heterocycles. The highest BCUT2D eigenvalue weighted by atomic mass is 16.4. The molecular weight excluding hydrogens is 312 g/mol. The number of nitrogens with one attached hydrogen (secondary N) is 1. The Morgan fingerprint density at radius 3 is 2.46 bits per heavy atom. The van der Waals surface area contributed by atoms with Crippen LogP contribution in [0.25, 0.3) is 0 Å². The molecule has 7 nitrogen and oxygen atoms in total. The van der Waals surface area contributed by atoms with Crippen molar-refractivity contribution < 1.29 is 24.3 Å². The number of likely N-dealkylation sites (N-methyl/N-ethyl adjacent to an activating group) is 1. The SMILES string of the molecule is CN(C(=O)CNC(=O)c1ccccc1C(=O)O)[C@H](C=O)CC1CC1. The van der Waals surface area contributed by atoms with Crippen molar-refractivity contribution in [1.82, 2.24) is 10.2 Å². The van der Waals surface area contributed by atoms with Crippen LogP contribution in [-0.2, 0) is 9.59 Å². The molecular formula is C17H20N2O5. The fourth-order valence-electron chi connectivity index (χ4n) is 2.43. The molecule has 7 heteroatoms. The number of aldehydes is 1. The predicted octanol–water partition coefficient (Wildman–Crippen LogP) is 0.941. The Morgan fingerprint density at radius 2 is 1.92 bits per heavy atom.